The van der Waals surface area contributed by atoms with E-state index in [4.69, 9.17) is 13.6 Å². The lowest BCUT2D eigenvalue weighted by atomic mass is 9.96. The smallest absolute Gasteiger partial charge is 0.302 e. The summed E-state index contributed by atoms with van der Waals surface area (Å²) in [7, 11) is 1.44. The van der Waals surface area contributed by atoms with E-state index in [1.807, 2.05) is 59.8 Å². The van der Waals surface area contributed by atoms with Crippen molar-refractivity contribution in [2.45, 2.75) is 60.8 Å². The molecule has 0 fully saturated rings. The number of allylic oxidation sites excluding steroid dienone is 6. The Hall–Kier alpha value is -4.13. The van der Waals surface area contributed by atoms with Gasteiger partial charge in [-0.2, -0.15) is 0 Å². The van der Waals surface area contributed by atoms with E-state index < -0.39 is 5.43 Å². The van der Waals surface area contributed by atoms with Gasteiger partial charge in [0.2, 0.25) is 5.43 Å². The van der Waals surface area contributed by atoms with Gasteiger partial charge < -0.3 is 28.9 Å². The molecule has 0 amide bonds. The molecule has 2 aromatic heterocycles. The van der Waals surface area contributed by atoms with Crippen molar-refractivity contribution in [1.82, 2.24) is 0 Å². The number of hydrogen-bond donors (Lipinski definition) is 3. The number of phenolic OH excluding ortho intramolecular Hbond substituents is 3. The zero-order chi connectivity index (χ0) is 27.9. The number of rotatable bonds is 7. The molecule has 0 aliphatic carbocycles. The molecule has 38 heavy (non-hydrogen) atoms. The van der Waals surface area contributed by atoms with Crippen LogP contribution in [0, 0.1) is 0 Å². The second-order valence-corrected chi connectivity index (χ2v) is 10.3. The molecule has 0 unspecified atom stereocenters. The summed E-state index contributed by atoms with van der Waals surface area (Å²) in [5, 5.41) is 33.9. The molecule has 0 radical (unpaired) electrons. The second kappa shape index (κ2) is 10.3. The number of aromatic hydroxyl groups is 3. The van der Waals surface area contributed by atoms with Crippen LogP contribution in [0.3, 0.4) is 0 Å². The molecule has 0 spiro atoms. The van der Waals surface area contributed by atoms with Gasteiger partial charge in [-0.25, -0.2) is 0 Å². The summed E-state index contributed by atoms with van der Waals surface area (Å²) in [6.45, 7) is 11.6. The summed E-state index contributed by atoms with van der Waals surface area (Å²) in [6, 6.07) is 1.54. The minimum atomic E-state index is -0.490. The SMILES string of the molecule is COc1cc2c(oc3oc4c(CC=C(C)C)c(O)c(CC=C(C)C)c(O)c4c(=O)c32)c(CC=C(C)C)c1O. The van der Waals surface area contributed by atoms with Gasteiger partial charge >= 0.3 is 5.78 Å². The van der Waals surface area contributed by atoms with Crippen LogP contribution in [0.2, 0.25) is 0 Å². The highest BCUT2D eigenvalue weighted by molar-refractivity contribution is 6.09. The van der Waals surface area contributed by atoms with E-state index in [-0.39, 0.29) is 57.1 Å². The molecule has 4 aromatic rings. The molecule has 4 rings (SSSR count). The second-order valence-electron chi connectivity index (χ2n) is 10.3. The monoisotopic (exact) mass is 518 g/mol. The standard InChI is InChI=1S/C31H34O7/c1-15(2)8-11-18-25(32)19(12-9-16(3)4)30-24(27(18)34)28(35)23-21-14-22(36-7)26(33)20(13-10-17(5)6)29(21)37-31(23)38-30/h8-10,14,32-34H,11-13H2,1-7H3. The van der Waals surface area contributed by atoms with Crippen LogP contribution in [-0.2, 0) is 19.3 Å². The van der Waals surface area contributed by atoms with Crippen LogP contribution < -0.4 is 10.2 Å². The zero-order valence-corrected chi connectivity index (χ0v) is 22.9. The molecule has 3 N–H and O–H groups in total. The zero-order valence-electron chi connectivity index (χ0n) is 22.9. The molecule has 0 aliphatic rings. The van der Waals surface area contributed by atoms with Crippen LogP contribution in [0.1, 0.15) is 58.2 Å². The van der Waals surface area contributed by atoms with Gasteiger partial charge in [-0.1, -0.05) is 34.9 Å². The van der Waals surface area contributed by atoms with Crippen molar-refractivity contribution >= 4 is 33.1 Å². The first-order valence-corrected chi connectivity index (χ1v) is 12.5. The minimum Gasteiger partial charge on any atom is -0.507 e. The Morgan fingerprint density at radius 2 is 1.24 bits per heavy atom. The Balaban J connectivity index is 2.19. The third-order valence-corrected chi connectivity index (χ3v) is 6.59. The normalized spacial score (nSPS) is 11.2. The van der Waals surface area contributed by atoms with Crippen molar-refractivity contribution in [3.8, 4) is 23.0 Å². The van der Waals surface area contributed by atoms with Crippen LogP contribution in [-0.4, -0.2) is 22.4 Å². The van der Waals surface area contributed by atoms with Crippen molar-refractivity contribution in [2.75, 3.05) is 7.11 Å². The van der Waals surface area contributed by atoms with E-state index in [0.29, 0.717) is 34.9 Å². The number of phenols is 3. The van der Waals surface area contributed by atoms with E-state index >= 15 is 0 Å². The summed E-state index contributed by atoms with van der Waals surface area (Å²) < 4.78 is 17.6. The highest BCUT2D eigenvalue weighted by Gasteiger charge is 2.27. The Morgan fingerprint density at radius 3 is 1.76 bits per heavy atom. The van der Waals surface area contributed by atoms with Gasteiger partial charge in [-0.3, -0.25) is 4.79 Å². The number of hydrogen-bond acceptors (Lipinski definition) is 7. The van der Waals surface area contributed by atoms with Gasteiger partial charge in [-0.05, 0) is 66.9 Å². The molecule has 2 heterocycles. The van der Waals surface area contributed by atoms with Crippen LogP contribution >= 0.6 is 0 Å². The van der Waals surface area contributed by atoms with Crippen molar-refractivity contribution in [3.05, 3.63) is 67.9 Å². The minimum absolute atomic E-state index is 0.0230. The van der Waals surface area contributed by atoms with Gasteiger partial charge in [-0.15, -0.1) is 0 Å². The van der Waals surface area contributed by atoms with E-state index in [1.54, 1.807) is 0 Å². The van der Waals surface area contributed by atoms with E-state index in [2.05, 4.69) is 0 Å². The molecular formula is C31H34O7. The Bertz CT molecular complexity index is 1710. The van der Waals surface area contributed by atoms with Gasteiger partial charge in [0.15, 0.2) is 17.1 Å². The lowest BCUT2D eigenvalue weighted by Gasteiger charge is -2.14. The summed E-state index contributed by atoms with van der Waals surface area (Å²) in [5.41, 5.74) is 4.05. The van der Waals surface area contributed by atoms with E-state index in [1.165, 1.54) is 13.2 Å². The van der Waals surface area contributed by atoms with Crippen LogP contribution in [0.15, 0.2) is 54.6 Å². The van der Waals surface area contributed by atoms with Crippen LogP contribution in [0.25, 0.3) is 33.1 Å². The predicted octanol–water partition coefficient (Wildman–Crippen LogP) is 7.34. The fourth-order valence-electron chi connectivity index (χ4n) is 4.53. The maximum Gasteiger partial charge on any atom is 0.302 e. The van der Waals surface area contributed by atoms with Crippen molar-refractivity contribution in [2.24, 2.45) is 0 Å². The Kier molecular flexibility index (Phi) is 7.31. The predicted molar refractivity (Wildman–Crippen MR) is 151 cm³/mol. The lowest BCUT2D eigenvalue weighted by Crippen LogP contribution is -2.05. The van der Waals surface area contributed by atoms with E-state index in [0.717, 1.165) is 16.7 Å². The average molecular weight is 519 g/mol. The number of ether oxygens (including phenoxy) is 1. The van der Waals surface area contributed by atoms with Crippen molar-refractivity contribution in [1.29, 1.82) is 0 Å². The highest BCUT2D eigenvalue weighted by atomic mass is 16.5. The molecule has 2 aromatic carbocycles. The first kappa shape index (κ1) is 26.9. The van der Waals surface area contributed by atoms with Crippen molar-refractivity contribution in [3.63, 3.8) is 0 Å². The summed E-state index contributed by atoms with van der Waals surface area (Å²) >= 11 is 0. The lowest BCUT2D eigenvalue weighted by molar-refractivity contribution is 0.371. The summed E-state index contributed by atoms with van der Waals surface area (Å²) in [6.07, 6.45) is 6.61. The average Bonchev–Trinajstić information content (AvgIpc) is 3.20. The number of methoxy groups -OCH3 is 1. The highest BCUT2D eigenvalue weighted by Crippen LogP contribution is 2.44. The Labute approximate surface area is 221 Å². The molecule has 0 saturated carbocycles. The number of benzene rings is 2. The maximum atomic E-state index is 14.0. The number of furan rings is 1. The third kappa shape index (κ3) is 4.64. The van der Waals surface area contributed by atoms with Crippen LogP contribution in [0.5, 0.6) is 23.0 Å². The number of fused-ring (bicyclic) bond motifs is 4. The largest absolute Gasteiger partial charge is 0.507 e. The van der Waals surface area contributed by atoms with Gasteiger partial charge in [0.1, 0.15) is 27.9 Å². The molecule has 7 heteroatoms. The molecule has 0 saturated heterocycles. The molecule has 0 aliphatic heterocycles. The maximum absolute atomic E-state index is 14.0. The molecule has 0 bridgehead atoms. The van der Waals surface area contributed by atoms with Gasteiger partial charge in [0.05, 0.1) is 7.11 Å². The first-order chi connectivity index (χ1) is 18.0. The van der Waals surface area contributed by atoms with Crippen molar-refractivity contribution < 1.29 is 28.9 Å². The molecule has 0 atom stereocenters. The fraction of sp³-hybridized carbons (Fsp3) is 0.323. The molecular weight excluding hydrogens is 484 g/mol. The molecule has 200 valence electrons. The third-order valence-electron chi connectivity index (χ3n) is 6.59. The fourth-order valence-corrected chi connectivity index (χ4v) is 4.53. The summed E-state index contributed by atoms with van der Waals surface area (Å²) in [4.78, 5) is 14.0. The Morgan fingerprint density at radius 1 is 0.737 bits per heavy atom. The van der Waals surface area contributed by atoms with Crippen LogP contribution in [0.4, 0.5) is 0 Å². The van der Waals surface area contributed by atoms with Gasteiger partial charge in [0.25, 0.3) is 0 Å². The van der Waals surface area contributed by atoms with E-state index in [9.17, 15) is 20.1 Å². The van der Waals surface area contributed by atoms with Gasteiger partial charge in [0, 0.05) is 22.1 Å². The topological polar surface area (TPSA) is 113 Å². The summed E-state index contributed by atoms with van der Waals surface area (Å²) in [5.74, 6) is -0.385. The molecule has 7 nitrogen and oxygen atoms in total. The first-order valence-electron chi connectivity index (χ1n) is 12.5. The quantitative estimate of drug-likeness (QED) is 0.219.